The number of benzene rings is 1. The fourth-order valence-electron chi connectivity index (χ4n) is 1.66. The molecule has 0 saturated heterocycles. The molecule has 0 aliphatic carbocycles. The Kier molecular flexibility index (Phi) is 4.61. The van der Waals surface area contributed by atoms with Crippen LogP contribution in [0.15, 0.2) is 40.8 Å². The Morgan fingerprint density at radius 1 is 1.14 bits per heavy atom. The Bertz CT molecular complexity index is 630. The number of amides is 1. The van der Waals surface area contributed by atoms with Crippen LogP contribution in [-0.4, -0.2) is 26.0 Å². The van der Waals surface area contributed by atoms with Gasteiger partial charge >= 0.3 is 5.97 Å². The number of esters is 1. The van der Waals surface area contributed by atoms with Gasteiger partial charge < -0.3 is 19.2 Å². The van der Waals surface area contributed by atoms with Crippen molar-refractivity contribution in [3.8, 4) is 5.75 Å². The molecule has 6 nitrogen and oxygen atoms in total. The first-order valence-electron chi connectivity index (χ1n) is 6.26. The largest absolute Gasteiger partial charge is 0.486 e. The molecule has 0 aliphatic rings. The predicted molar refractivity (Wildman–Crippen MR) is 74.2 cm³/mol. The average Bonchev–Trinajstić information content (AvgIpc) is 3.01. The minimum Gasteiger partial charge on any atom is -0.486 e. The third-order valence-corrected chi connectivity index (χ3v) is 2.77. The summed E-state index contributed by atoms with van der Waals surface area (Å²) in [4.78, 5) is 22.6. The van der Waals surface area contributed by atoms with Crippen molar-refractivity contribution in [1.29, 1.82) is 0 Å². The topological polar surface area (TPSA) is 77.8 Å². The number of hydrogen-bond donors (Lipinski definition) is 1. The fourth-order valence-corrected chi connectivity index (χ4v) is 1.66. The van der Waals surface area contributed by atoms with Gasteiger partial charge in [-0.25, -0.2) is 4.79 Å². The Hall–Kier alpha value is -2.76. The standard InChI is InChI=1S/C15H15NO5/c1-16-14(17)13-8-7-12(21-13)9-20-11-5-3-10(4-6-11)15(18)19-2/h3-8H,9H2,1-2H3,(H,16,17). The van der Waals surface area contributed by atoms with Crippen LogP contribution in [0.1, 0.15) is 26.7 Å². The van der Waals surface area contributed by atoms with E-state index in [1.807, 2.05) is 0 Å². The van der Waals surface area contributed by atoms with Crippen LogP contribution in [0.25, 0.3) is 0 Å². The van der Waals surface area contributed by atoms with Crippen molar-refractivity contribution < 1.29 is 23.5 Å². The third kappa shape index (κ3) is 3.62. The fraction of sp³-hybridized carbons (Fsp3) is 0.200. The van der Waals surface area contributed by atoms with Crippen LogP contribution >= 0.6 is 0 Å². The maximum Gasteiger partial charge on any atom is 0.337 e. The maximum absolute atomic E-state index is 11.3. The van der Waals surface area contributed by atoms with E-state index in [4.69, 9.17) is 9.15 Å². The van der Waals surface area contributed by atoms with Crippen LogP contribution in [0.4, 0.5) is 0 Å². The number of nitrogens with one attached hydrogen (secondary N) is 1. The number of carbonyl (C=O) groups excluding carboxylic acids is 2. The van der Waals surface area contributed by atoms with Crippen molar-refractivity contribution in [2.75, 3.05) is 14.2 Å². The first-order chi connectivity index (χ1) is 10.1. The number of rotatable bonds is 5. The second-order valence-electron chi connectivity index (χ2n) is 4.15. The molecule has 1 amide bonds. The van der Waals surface area contributed by atoms with E-state index in [9.17, 15) is 9.59 Å². The maximum atomic E-state index is 11.3. The molecule has 0 unspecified atom stereocenters. The molecule has 21 heavy (non-hydrogen) atoms. The van der Waals surface area contributed by atoms with Gasteiger partial charge in [0, 0.05) is 7.05 Å². The molecular formula is C15H15NO5. The molecule has 0 saturated carbocycles. The zero-order chi connectivity index (χ0) is 15.2. The summed E-state index contributed by atoms with van der Waals surface area (Å²) in [6.45, 7) is 0.189. The molecule has 2 rings (SSSR count). The van der Waals surface area contributed by atoms with Gasteiger partial charge in [-0.2, -0.15) is 0 Å². The van der Waals surface area contributed by atoms with E-state index in [-0.39, 0.29) is 18.3 Å². The van der Waals surface area contributed by atoms with Crippen molar-refractivity contribution in [2.45, 2.75) is 6.61 Å². The van der Waals surface area contributed by atoms with Gasteiger partial charge in [0.1, 0.15) is 18.1 Å². The molecule has 0 spiro atoms. The lowest BCUT2D eigenvalue weighted by atomic mass is 10.2. The number of hydrogen-bond acceptors (Lipinski definition) is 5. The summed E-state index contributed by atoms with van der Waals surface area (Å²) in [7, 11) is 2.86. The lowest BCUT2D eigenvalue weighted by Crippen LogP contribution is -2.16. The number of ether oxygens (including phenoxy) is 2. The van der Waals surface area contributed by atoms with Crippen LogP contribution in [0.2, 0.25) is 0 Å². The highest BCUT2D eigenvalue weighted by atomic mass is 16.5. The zero-order valence-electron chi connectivity index (χ0n) is 11.7. The second-order valence-corrected chi connectivity index (χ2v) is 4.15. The monoisotopic (exact) mass is 289 g/mol. The summed E-state index contributed by atoms with van der Waals surface area (Å²) < 4.78 is 15.4. The van der Waals surface area contributed by atoms with Gasteiger partial charge in [-0.1, -0.05) is 0 Å². The molecule has 0 fully saturated rings. The first-order valence-corrected chi connectivity index (χ1v) is 6.26. The lowest BCUT2D eigenvalue weighted by molar-refractivity contribution is 0.0600. The van der Waals surface area contributed by atoms with E-state index >= 15 is 0 Å². The summed E-state index contributed by atoms with van der Waals surface area (Å²) in [6.07, 6.45) is 0. The Balaban J connectivity index is 1.95. The summed E-state index contributed by atoms with van der Waals surface area (Å²) in [6, 6.07) is 9.80. The molecular weight excluding hydrogens is 274 g/mol. The summed E-state index contributed by atoms with van der Waals surface area (Å²) in [5.74, 6) is 0.662. The van der Waals surface area contributed by atoms with Crippen molar-refractivity contribution in [1.82, 2.24) is 5.32 Å². The highest BCUT2D eigenvalue weighted by molar-refractivity contribution is 5.91. The van der Waals surface area contributed by atoms with Crippen molar-refractivity contribution in [2.24, 2.45) is 0 Å². The number of furan rings is 1. The highest BCUT2D eigenvalue weighted by Gasteiger charge is 2.10. The van der Waals surface area contributed by atoms with Gasteiger partial charge in [-0.3, -0.25) is 4.79 Å². The predicted octanol–water partition coefficient (Wildman–Crippen LogP) is 2.00. The smallest absolute Gasteiger partial charge is 0.337 e. The van der Waals surface area contributed by atoms with Gasteiger partial charge in [0.25, 0.3) is 5.91 Å². The van der Waals surface area contributed by atoms with E-state index < -0.39 is 5.97 Å². The summed E-state index contributed by atoms with van der Waals surface area (Å²) in [5.41, 5.74) is 0.449. The molecule has 1 aromatic carbocycles. The van der Waals surface area contributed by atoms with Crippen molar-refractivity contribution in [3.05, 3.63) is 53.5 Å². The minimum atomic E-state index is -0.400. The Morgan fingerprint density at radius 3 is 2.48 bits per heavy atom. The van der Waals surface area contributed by atoms with E-state index in [1.54, 1.807) is 36.4 Å². The van der Waals surface area contributed by atoms with Crippen molar-refractivity contribution in [3.63, 3.8) is 0 Å². The Morgan fingerprint density at radius 2 is 1.86 bits per heavy atom. The SMILES string of the molecule is CNC(=O)c1ccc(COc2ccc(C(=O)OC)cc2)o1. The van der Waals surface area contributed by atoms with Crippen LogP contribution in [0.3, 0.4) is 0 Å². The number of methoxy groups -OCH3 is 1. The van der Waals surface area contributed by atoms with Crippen molar-refractivity contribution >= 4 is 11.9 Å². The van der Waals surface area contributed by atoms with Gasteiger partial charge in [0.2, 0.25) is 0 Å². The van der Waals surface area contributed by atoms with Gasteiger partial charge in [-0.05, 0) is 36.4 Å². The van der Waals surface area contributed by atoms with Gasteiger partial charge in [-0.15, -0.1) is 0 Å². The van der Waals surface area contributed by atoms with E-state index in [0.717, 1.165) is 0 Å². The number of carbonyl (C=O) groups is 2. The van der Waals surface area contributed by atoms with Crippen LogP contribution in [-0.2, 0) is 11.3 Å². The molecule has 0 aliphatic heterocycles. The van der Waals surface area contributed by atoms with Crippen LogP contribution < -0.4 is 10.1 Å². The molecule has 1 aromatic heterocycles. The van der Waals surface area contributed by atoms with Crippen LogP contribution in [0.5, 0.6) is 5.75 Å². The van der Waals surface area contributed by atoms with E-state index in [2.05, 4.69) is 10.1 Å². The molecule has 6 heteroatoms. The second kappa shape index (κ2) is 6.60. The highest BCUT2D eigenvalue weighted by Crippen LogP contribution is 2.16. The quantitative estimate of drug-likeness (QED) is 0.852. The molecule has 0 bridgehead atoms. The normalized spacial score (nSPS) is 10.0. The minimum absolute atomic E-state index is 0.189. The average molecular weight is 289 g/mol. The zero-order valence-corrected chi connectivity index (χ0v) is 11.7. The lowest BCUT2D eigenvalue weighted by Gasteiger charge is -2.05. The van der Waals surface area contributed by atoms with Crippen LogP contribution in [0, 0.1) is 0 Å². The first kappa shape index (κ1) is 14.6. The van der Waals surface area contributed by atoms with Gasteiger partial charge in [0.15, 0.2) is 5.76 Å². The molecule has 2 aromatic rings. The third-order valence-electron chi connectivity index (χ3n) is 2.77. The van der Waals surface area contributed by atoms with E-state index in [0.29, 0.717) is 17.1 Å². The van der Waals surface area contributed by atoms with E-state index in [1.165, 1.54) is 14.2 Å². The molecule has 110 valence electrons. The molecule has 0 radical (unpaired) electrons. The summed E-state index contributed by atoms with van der Waals surface area (Å²) in [5, 5.41) is 2.47. The van der Waals surface area contributed by atoms with Gasteiger partial charge in [0.05, 0.1) is 12.7 Å². The summed E-state index contributed by atoms with van der Waals surface area (Å²) >= 11 is 0. The molecule has 0 atom stereocenters. The molecule has 1 N–H and O–H groups in total. The Labute approximate surface area is 121 Å². The molecule has 1 heterocycles.